The van der Waals surface area contributed by atoms with Crippen LogP contribution in [0.1, 0.15) is 12.6 Å². The molecule has 112 valence electrons. The molecule has 21 heavy (non-hydrogen) atoms. The Labute approximate surface area is 129 Å². The highest BCUT2D eigenvalue weighted by atomic mass is 79.9. The molecule has 1 aliphatic rings. The second-order valence-corrected chi connectivity index (χ2v) is 5.35. The minimum absolute atomic E-state index is 0.0665. The van der Waals surface area contributed by atoms with Gasteiger partial charge in [-0.1, -0.05) is 12.5 Å². The normalized spacial score (nSPS) is 28.0. The molecule has 0 unspecified atom stereocenters. The molecule has 2 rings (SSSR count). The second kappa shape index (κ2) is 5.89. The number of aromatic nitrogens is 2. The zero-order chi connectivity index (χ0) is 15.6. The van der Waals surface area contributed by atoms with Crippen molar-refractivity contribution in [3.05, 3.63) is 34.0 Å². The van der Waals surface area contributed by atoms with Crippen LogP contribution in [0.5, 0.6) is 0 Å². The van der Waals surface area contributed by atoms with E-state index in [9.17, 15) is 9.90 Å². The quantitative estimate of drug-likeness (QED) is 0.599. The van der Waals surface area contributed by atoms with Gasteiger partial charge in [0.25, 0.3) is 0 Å². The molecule has 7 nitrogen and oxygen atoms in total. The Bertz CT molecular complexity index is 654. The van der Waals surface area contributed by atoms with E-state index in [1.165, 1.54) is 17.0 Å². The standard InChI is InChI=1S/C13H14BrN3O4/c1-3-13(7-20-4-2)9(18)5-10(21-13)17-6-8(14)11(15)16-12(17)19/h1,4,6,9-10,18H,2,5,7H2,(H2,15,16,19)/t9-,10+,13+/m0/s1. The predicted molar refractivity (Wildman–Crippen MR) is 79.1 cm³/mol. The van der Waals surface area contributed by atoms with E-state index in [2.05, 4.69) is 33.4 Å². The molecule has 0 aliphatic carbocycles. The van der Waals surface area contributed by atoms with Crippen LogP contribution in [-0.2, 0) is 9.47 Å². The zero-order valence-corrected chi connectivity index (χ0v) is 12.6. The molecular formula is C13H14BrN3O4. The molecule has 0 radical (unpaired) electrons. The van der Waals surface area contributed by atoms with Crippen LogP contribution in [0.3, 0.4) is 0 Å². The van der Waals surface area contributed by atoms with Gasteiger partial charge in [-0.3, -0.25) is 4.57 Å². The van der Waals surface area contributed by atoms with Crippen LogP contribution in [0.4, 0.5) is 5.82 Å². The number of hydrogen-bond donors (Lipinski definition) is 2. The maximum atomic E-state index is 11.9. The summed E-state index contributed by atoms with van der Waals surface area (Å²) in [4.78, 5) is 15.5. The number of nitrogens with two attached hydrogens (primary N) is 1. The molecule has 1 fully saturated rings. The van der Waals surface area contributed by atoms with Crippen molar-refractivity contribution in [3.63, 3.8) is 0 Å². The second-order valence-electron chi connectivity index (χ2n) is 4.50. The van der Waals surface area contributed by atoms with E-state index in [1.54, 1.807) is 0 Å². The average Bonchev–Trinajstić information content (AvgIpc) is 2.78. The molecule has 1 aliphatic heterocycles. The first kappa shape index (κ1) is 15.6. The van der Waals surface area contributed by atoms with E-state index < -0.39 is 23.6 Å². The Kier molecular flexibility index (Phi) is 4.37. The van der Waals surface area contributed by atoms with E-state index in [4.69, 9.17) is 21.6 Å². The number of terminal acetylenes is 1. The number of anilines is 1. The third-order valence-corrected chi connectivity index (χ3v) is 3.82. The first-order valence-corrected chi connectivity index (χ1v) is 6.83. The minimum atomic E-state index is -1.34. The SMILES string of the molecule is C#C[C@]1(COC=C)O[C@@H](n2cc(Br)c(N)nc2=O)C[C@@H]1O. The van der Waals surface area contributed by atoms with Gasteiger partial charge in [0.1, 0.15) is 24.8 Å². The van der Waals surface area contributed by atoms with Crippen LogP contribution in [-0.4, -0.2) is 33.0 Å². The van der Waals surface area contributed by atoms with Gasteiger partial charge in [0.15, 0.2) is 5.60 Å². The number of aliphatic hydroxyl groups excluding tert-OH is 1. The van der Waals surface area contributed by atoms with Crippen LogP contribution < -0.4 is 11.4 Å². The molecular weight excluding hydrogens is 342 g/mol. The number of nitrogens with zero attached hydrogens (tertiary/aromatic N) is 2. The largest absolute Gasteiger partial charge is 0.498 e. The summed E-state index contributed by atoms with van der Waals surface area (Å²) < 4.78 is 12.4. The number of ether oxygens (including phenoxy) is 2. The lowest BCUT2D eigenvalue weighted by atomic mass is 9.99. The molecule has 2 heterocycles. The minimum Gasteiger partial charge on any atom is -0.498 e. The summed E-state index contributed by atoms with van der Waals surface area (Å²) in [6.45, 7) is 3.34. The van der Waals surface area contributed by atoms with E-state index in [1.807, 2.05) is 0 Å². The lowest BCUT2D eigenvalue weighted by molar-refractivity contribution is -0.0933. The summed E-state index contributed by atoms with van der Waals surface area (Å²) in [7, 11) is 0. The summed E-state index contributed by atoms with van der Waals surface area (Å²) in [5, 5.41) is 10.2. The Morgan fingerprint density at radius 1 is 1.86 bits per heavy atom. The first-order valence-electron chi connectivity index (χ1n) is 6.04. The third kappa shape index (κ3) is 2.81. The number of hydrogen-bond acceptors (Lipinski definition) is 6. The lowest BCUT2D eigenvalue weighted by Crippen LogP contribution is -2.42. The van der Waals surface area contributed by atoms with Crippen molar-refractivity contribution in [2.45, 2.75) is 24.4 Å². The molecule has 1 aromatic rings. The van der Waals surface area contributed by atoms with Crippen molar-refractivity contribution in [1.29, 1.82) is 0 Å². The average molecular weight is 356 g/mol. The number of nitrogen functional groups attached to an aromatic ring is 1. The molecule has 0 saturated carbocycles. The van der Waals surface area contributed by atoms with Gasteiger partial charge >= 0.3 is 5.69 Å². The molecule has 3 N–H and O–H groups in total. The van der Waals surface area contributed by atoms with Gasteiger partial charge in [0.05, 0.1) is 10.7 Å². The van der Waals surface area contributed by atoms with Crippen LogP contribution in [0.2, 0.25) is 0 Å². The highest BCUT2D eigenvalue weighted by Gasteiger charge is 2.48. The fourth-order valence-electron chi connectivity index (χ4n) is 2.07. The molecule has 3 atom stereocenters. The van der Waals surface area contributed by atoms with Crippen molar-refractivity contribution < 1.29 is 14.6 Å². The van der Waals surface area contributed by atoms with E-state index in [0.29, 0.717) is 4.47 Å². The Hall–Kier alpha value is -1.82. The maximum absolute atomic E-state index is 11.9. The molecule has 0 bridgehead atoms. The third-order valence-electron chi connectivity index (χ3n) is 3.21. The van der Waals surface area contributed by atoms with E-state index in [-0.39, 0.29) is 18.8 Å². The van der Waals surface area contributed by atoms with E-state index in [0.717, 1.165) is 0 Å². The van der Waals surface area contributed by atoms with Gasteiger partial charge < -0.3 is 20.3 Å². The maximum Gasteiger partial charge on any atom is 0.351 e. The van der Waals surface area contributed by atoms with Crippen molar-refractivity contribution in [3.8, 4) is 12.3 Å². The predicted octanol–water partition coefficient (Wildman–Crippen LogP) is 0.400. The molecule has 0 spiro atoms. The van der Waals surface area contributed by atoms with Gasteiger partial charge in [-0.2, -0.15) is 4.98 Å². The summed E-state index contributed by atoms with van der Waals surface area (Å²) in [6, 6.07) is 0. The fraction of sp³-hybridized carbons (Fsp3) is 0.385. The van der Waals surface area contributed by atoms with Crippen LogP contribution in [0, 0.1) is 12.3 Å². The van der Waals surface area contributed by atoms with Gasteiger partial charge in [-0.15, -0.1) is 6.42 Å². The van der Waals surface area contributed by atoms with Gasteiger partial charge in [0, 0.05) is 12.6 Å². The highest BCUT2D eigenvalue weighted by Crippen LogP contribution is 2.36. The summed E-state index contributed by atoms with van der Waals surface area (Å²) in [5.41, 5.74) is 3.60. The van der Waals surface area contributed by atoms with Crippen LogP contribution >= 0.6 is 15.9 Å². The van der Waals surface area contributed by atoms with Crippen molar-refractivity contribution in [2.24, 2.45) is 0 Å². The molecule has 0 aromatic carbocycles. The monoisotopic (exact) mass is 355 g/mol. The molecule has 0 amide bonds. The number of rotatable bonds is 4. The topological polar surface area (TPSA) is 99.6 Å². The molecule has 8 heteroatoms. The van der Waals surface area contributed by atoms with Crippen molar-refractivity contribution in [1.82, 2.24) is 9.55 Å². The highest BCUT2D eigenvalue weighted by molar-refractivity contribution is 9.10. The lowest BCUT2D eigenvalue weighted by Gasteiger charge is -2.25. The number of halogens is 1. The fourth-order valence-corrected chi connectivity index (χ4v) is 2.38. The molecule has 1 aromatic heterocycles. The Balaban J connectivity index is 2.33. The smallest absolute Gasteiger partial charge is 0.351 e. The zero-order valence-electron chi connectivity index (χ0n) is 11.0. The number of aliphatic hydroxyl groups is 1. The van der Waals surface area contributed by atoms with Crippen molar-refractivity contribution >= 4 is 21.7 Å². The van der Waals surface area contributed by atoms with Crippen molar-refractivity contribution in [2.75, 3.05) is 12.3 Å². The van der Waals surface area contributed by atoms with Gasteiger partial charge in [-0.05, 0) is 15.9 Å². The summed E-state index contributed by atoms with van der Waals surface area (Å²) in [6.07, 6.45) is 6.48. The van der Waals surface area contributed by atoms with Gasteiger partial charge in [0.2, 0.25) is 0 Å². The van der Waals surface area contributed by atoms with Crippen LogP contribution in [0.25, 0.3) is 0 Å². The molecule has 1 saturated heterocycles. The Morgan fingerprint density at radius 2 is 2.57 bits per heavy atom. The van der Waals surface area contributed by atoms with Gasteiger partial charge in [-0.25, -0.2) is 4.79 Å². The van der Waals surface area contributed by atoms with Crippen LogP contribution in [0.15, 0.2) is 28.3 Å². The van der Waals surface area contributed by atoms with E-state index >= 15 is 0 Å². The summed E-state index contributed by atoms with van der Waals surface area (Å²) in [5.74, 6) is 2.47. The summed E-state index contributed by atoms with van der Waals surface area (Å²) >= 11 is 3.19. The Morgan fingerprint density at radius 3 is 3.19 bits per heavy atom. The first-order chi connectivity index (χ1) is 9.93.